The van der Waals surface area contributed by atoms with E-state index >= 15 is 0 Å². The Balaban J connectivity index is 2.32. The van der Waals surface area contributed by atoms with Crippen LogP contribution in [0.4, 0.5) is 0 Å². The molecule has 0 bridgehead atoms. The first-order chi connectivity index (χ1) is 10.2. The molecular weight excluding hydrogens is 348 g/mol. The summed E-state index contributed by atoms with van der Waals surface area (Å²) >= 11 is 8.97. The van der Waals surface area contributed by atoms with Gasteiger partial charge in [-0.15, -0.1) is 0 Å². The fraction of sp³-hybridized carbons (Fsp3) is 0.750. The summed E-state index contributed by atoms with van der Waals surface area (Å²) in [4.78, 5) is 8.08. The van der Waals surface area contributed by atoms with Crippen LogP contribution in [0, 0.1) is 10.6 Å². The summed E-state index contributed by atoms with van der Waals surface area (Å²) in [5.41, 5.74) is 1.15. The second kappa shape index (κ2) is 8.39. The number of rotatable bonds is 6. The average molecular weight is 373 g/mol. The van der Waals surface area contributed by atoms with Crippen molar-refractivity contribution < 1.29 is 4.74 Å². The van der Waals surface area contributed by atoms with Gasteiger partial charge in [0.2, 0.25) is 0 Å². The fourth-order valence-electron chi connectivity index (χ4n) is 3.14. The molecule has 1 aromatic heterocycles. The molecule has 1 heterocycles. The lowest BCUT2D eigenvalue weighted by molar-refractivity contribution is -0.000421. The zero-order valence-corrected chi connectivity index (χ0v) is 15.4. The third-order valence-electron chi connectivity index (χ3n) is 4.15. The zero-order valence-electron chi connectivity index (χ0n) is 13.0. The van der Waals surface area contributed by atoms with Crippen molar-refractivity contribution in [2.75, 3.05) is 6.61 Å². The smallest absolute Gasteiger partial charge is 0.144 e. The summed E-state index contributed by atoms with van der Waals surface area (Å²) in [7, 11) is 0. The topological polar surface area (TPSA) is 37.9 Å². The van der Waals surface area contributed by atoms with E-state index in [0.717, 1.165) is 28.8 Å². The SMILES string of the molecule is CCCc1[nH]c(C(OCC)C2CCCCC2)nc(=S)c1Br. The van der Waals surface area contributed by atoms with Crippen LogP contribution in [0.3, 0.4) is 0 Å². The van der Waals surface area contributed by atoms with Crippen molar-refractivity contribution >= 4 is 28.1 Å². The lowest BCUT2D eigenvalue weighted by Crippen LogP contribution is -2.22. The summed E-state index contributed by atoms with van der Waals surface area (Å²) in [6.07, 6.45) is 8.51. The maximum atomic E-state index is 6.04. The van der Waals surface area contributed by atoms with Crippen LogP contribution in [0.15, 0.2) is 4.47 Å². The maximum absolute atomic E-state index is 6.04. The lowest BCUT2D eigenvalue weighted by atomic mass is 9.85. The van der Waals surface area contributed by atoms with Crippen molar-refractivity contribution in [1.82, 2.24) is 9.97 Å². The van der Waals surface area contributed by atoms with Crippen LogP contribution in [0.5, 0.6) is 0 Å². The van der Waals surface area contributed by atoms with Gasteiger partial charge in [-0.2, -0.15) is 0 Å². The van der Waals surface area contributed by atoms with Crippen molar-refractivity contribution in [1.29, 1.82) is 0 Å². The van der Waals surface area contributed by atoms with E-state index in [1.165, 1.54) is 32.1 Å². The van der Waals surface area contributed by atoms with Crippen LogP contribution in [-0.4, -0.2) is 16.6 Å². The van der Waals surface area contributed by atoms with Gasteiger partial charge in [-0.05, 0) is 48.0 Å². The number of aromatic nitrogens is 2. The first-order valence-corrected chi connectivity index (χ1v) is 9.27. The molecule has 5 heteroatoms. The molecule has 1 aliphatic rings. The summed E-state index contributed by atoms with van der Waals surface area (Å²) in [5, 5.41) is 0. The fourth-order valence-corrected chi connectivity index (χ4v) is 3.74. The Morgan fingerprint density at radius 1 is 1.33 bits per heavy atom. The minimum absolute atomic E-state index is 0.0562. The van der Waals surface area contributed by atoms with Crippen molar-refractivity contribution in [2.45, 2.75) is 64.9 Å². The number of halogens is 1. The van der Waals surface area contributed by atoms with E-state index in [0.29, 0.717) is 17.2 Å². The zero-order chi connectivity index (χ0) is 15.2. The highest BCUT2D eigenvalue weighted by molar-refractivity contribution is 9.10. The van der Waals surface area contributed by atoms with Gasteiger partial charge in [0, 0.05) is 12.3 Å². The summed E-state index contributed by atoms with van der Waals surface area (Å²) in [6, 6.07) is 0. The number of aromatic amines is 1. The molecular formula is C16H25BrN2OS. The Kier molecular flexibility index (Phi) is 6.83. The Morgan fingerprint density at radius 3 is 2.67 bits per heavy atom. The van der Waals surface area contributed by atoms with Crippen molar-refractivity contribution in [3.63, 3.8) is 0 Å². The molecule has 0 spiro atoms. The molecule has 1 aromatic rings. The molecule has 1 fully saturated rings. The molecule has 3 nitrogen and oxygen atoms in total. The summed E-state index contributed by atoms with van der Waals surface area (Å²) in [6.45, 7) is 4.93. The van der Waals surface area contributed by atoms with Gasteiger partial charge >= 0.3 is 0 Å². The van der Waals surface area contributed by atoms with E-state index < -0.39 is 0 Å². The predicted octanol–water partition coefficient (Wildman–Crippen LogP) is 5.51. The quantitative estimate of drug-likeness (QED) is 0.668. The first kappa shape index (κ1) is 17.1. The van der Waals surface area contributed by atoms with Crippen molar-refractivity contribution in [3.05, 3.63) is 20.6 Å². The first-order valence-electron chi connectivity index (χ1n) is 8.07. The van der Waals surface area contributed by atoms with Gasteiger partial charge < -0.3 is 9.72 Å². The van der Waals surface area contributed by atoms with Gasteiger partial charge in [-0.1, -0.05) is 44.8 Å². The monoisotopic (exact) mass is 372 g/mol. The molecule has 0 radical (unpaired) electrons. The minimum atomic E-state index is 0.0562. The molecule has 1 saturated carbocycles. The molecule has 0 aromatic carbocycles. The van der Waals surface area contributed by atoms with Gasteiger partial charge in [-0.3, -0.25) is 0 Å². The van der Waals surface area contributed by atoms with Gasteiger partial charge in [0.05, 0.1) is 4.47 Å². The Labute approximate surface area is 141 Å². The van der Waals surface area contributed by atoms with Crippen LogP contribution in [0.2, 0.25) is 0 Å². The van der Waals surface area contributed by atoms with Gasteiger partial charge in [0.25, 0.3) is 0 Å². The highest BCUT2D eigenvalue weighted by Gasteiger charge is 2.27. The number of nitrogens with one attached hydrogen (secondary N) is 1. The molecule has 0 aliphatic heterocycles. The van der Waals surface area contributed by atoms with Crippen molar-refractivity contribution in [3.8, 4) is 0 Å². The van der Waals surface area contributed by atoms with Gasteiger partial charge in [0.15, 0.2) is 0 Å². The Morgan fingerprint density at radius 2 is 2.05 bits per heavy atom. The highest BCUT2D eigenvalue weighted by atomic mass is 79.9. The molecule has 1 N–H and O–H groups in total. The van der Waals surface area contributed by atoms with E-state index in [2.05, 4.69) is 39.7 Å². The molecule has 2 rings (SSSR count). The number of hydrogen-bond acceptors (Lipinski definition) is 3. The second-order valence-electron chi connectivity index (χ2n) is 5.74. The number of aryl methyl sites for hydroxylation is 1. The van der Waals surface area contributed by atoms with Crippen LogP contribution < -0.4 is 0 Å². The van der Waals surface area contributed by atoms with E-state index in [-0.39, 0.29) is 6.10 Å². The normalized spacial score (nSPS) is 17.9. The highest BCUT2D eigenvalue weighted by Crippen LogP contribution is 2.36. The van der Waals surface area contributed by atoms with Crippen LogP contribution >= 0.6 is 28.1 Å². The third kappa shape index (κ3) is 4.36. The molecule has 0 saturated heterocycles. The summed E-state index contributed by atoms with van der Waals surface area (Å²) in [5.74, 6) is 1.48. The van der Waals surface area contributed by atoms with E-state index in [9.17, 15) is 0 Å². The second-order valence-corrected chi connectivity index (χ2v) is 6.92. The third-order valence-corrected chi connectivity index (χ3v) is 5.56. The average Bonchev–Trinajstić information content (AvgIpc) is 2.50. The molecule has 118 valence electrons. The number of ether oxygens (including phenoxy) is 1. The molecule has 1 atom stereocenters. The van der Waals surface area contributed by atoms with E-state index in [1.807, 2.05) is 0 Å². The van der Waals surface area contributed by atoms with Crippen LogP contribution in [-0.2, 0) is 11.2 Å². The molecule has 0 amide bonds. The van der Waals surface area contributed by atoms with E-state index in [4.69, 9.17) is 17.0 Å². The van der Waals surface area contributed by atoms with Crippen LogP contribution in [0.25, 0.3) is 0 Å². The number of nitrogens with zero attached hydrogens (tertiary/aromatic N) is 1. The molecule has 1 unspecified atom stereocenters. The standard InChI is InChI=1S/C16H25BrN2OS/c1-3-8-12-13(17)16(21)19-15(18-12)14(20-4-2)11-9-6-5-7-10-11/h11,14H,3-10H2,1-2H3,(H,18,19,21). The largest absolute Gasteiger partial charge is 0.370 e. The summed E-state index contributed by atoms with van der Waals surface area (Å²) < 4.78 is 7.62. The maximum Gasteiger partial charge on any atom is 0.144 e. The predicted molar refractivity (Wildman–Crippen MR) is 92.1 cm³/mol. The molecule has 21 heavy (non-hydrogen) atoms. The van der Waals surface area contributed by atoms with E-state index in [1.54, 1.807) is 0 Å². The van der Waals surface area contributed by atoms with Gasteiger partial charge in [0.1, 0.15) is 16.6 Å². The van der Waals surface area contributed by atoms with Crippen LogP contribution in [0.1, 0.15) is 70.0 Å². The van der Waals surface area contributed by atoms with Crippen molar-refractivity contribution in [2.24, 2.45) is 5.92 Å². The minimum Gasteiger partial charge on any atom is -0.370 e. The Bertz CT molecular complexity index is 511. The Hall–Kier alpha value is -0.260. The van der Waals surface area contributed by atoms with Gasteiger partial charge in [-0.25, -0.2) is 4.98 Å². The number of hydrogen-bond donors (Lipinski definition) is 1. The molecule has 1 aliphatic carbocycles. The lowest BCUT2D eigenvalue weighted by Gasteiger charge is -2.29. The number of H-pyrrole nitrogens is 1.